The summed E-state index contributed by atoms with van der Waals surface area (Å²) in [5, 5.41) is 2.97. The summed E-state index contributed by atoms with van der Waals surface area (Å²) in [6, 6.07) is 8.11. The number of hydrogen-bond acceptors (Lipinski definition) is 3. The summed E-state index contributed by atoms with van der Waals surface area (Å²) in [5.74, 6) is 0.583. The van der Waals surface area contributed by atoms with E-state index in [1.807, 2.05) is 12.1 Å². The number of nitrogens with two attached hydrogens (primary N) is 1. The molecular formula is C17H27N3O. The number of amides is 1. The van der Waals surface area contributed by atoms with Crippen molar-refractivity contribution in [3.8, 4) is 0 Å². The third-order valence-corrected chi connectivity index (χ3v) is 4.16. The van der Waals surface area contributed by atoms with Crippen LogP contribution in [-0.4, -0.2) is 29.9 Å². The van der Waals surface area contributed by atoms with Crippen molar-refractivity contribution in [2.24, 2.45) is 11.7 Å². The third kappa shape index (κ3) is 5.14. The summed E-state index contributed by atoms with van der Waals surface area (Å²) in [5.41, 5.74) is 8.09. The molecule has 21 heavy (non-hydrogen) atoms. The average Bonchev–Trinajstić information content (AvgIpc) is 3.29. The van der Waals surface area contributed by atoms with Crippen molar-refractivity contribution in [2.75, 3.05) is 18.4 Å². The molecule has 1 aliphatic carbocycles. The molecule has 0 aromatic heterocycles. The van der Waals surface area contributed by atoms with Crippen molar-refractivity contribution in [1.82, 2.24) is 4.90 Å². The van der Waals surface area contributed by atoms with Gasteiger partial charge >= 0.3 is 0 Å². The van der Waals surface area contributed by atoms with Crippen LogP contribution in [0, 0.1) is 5.92 Å². The third-order valence-electron chi connectivity index (χ3n) is 4.16. The van der Waals surface area contributed by atoms with E-state index in [1.165, 1.54) is 18.4 Å². The molecule has 2 rings (SSSR count). The Hall–Kier alpha value is -1.39. The minimum absolute atomic E-state index is 0.0175. The van der Waals surface area contributed by atoms with Crippen LogP contribution in [0.25, 0.3) is 0 Å². The highest BCUT2D eigenvalue weighted by molar-refractivity contribution is 5.91. The van der Waals surface area contributed by atoms with Crippen molar-refractivity contribution < 1.29 is 4.79 Å². The maximum atomic E-state index is 12.0. The van der Waals surface area contributed by atoms with E-state index in [-0.39, 0.29) is 11.9 Å². The van der Waals surface area contributed by atoms with Gasteiger partial charge < -0.3 is 11.1 Å². The van der Waals surface area contributed by atoms with Crippen LogP contribution in [0.5, 0.6) is 0 Å². The molecule has 1 amide bonds. The first kappa shape index (κ1) is 16.0. The fourth-order valence-electron chi connectivity index (χ4n) is 2.57. The van der Waals surface area contributed by atoms with Gasteiger partial charge in [-0.2, -0.15) is 0 Å². The van der Waals surface area contributed by atoms with Crippen molar-refractivity contribution in [1.29, 1.82) is 0 Å². The van der Waals surface area contributed by atoms with Crippen LogP contribution in [0.15, 0.2) is 24.3 Å². The highest BCUT2D eigenvalue weighted by Gasteiger charge is 2.29. The molecule has 0 radical (unpaired) electrons. The van der Waals surface area contributed by atoms with E-state index in [1.54, 1.807) is 0 Å². The Bertz CT molecular complexity index is 467. The van der Waals surface area contributed by atoms with E-state index in [4.69, 9.17) is 5.73 Å². The Morgan fingerprint density at radius 3 is 2.71 bits per heavy atom. The highest BCUT2D eigenvalue weighted by atomic mass is 16.1. The quantitative estimate of drug-likeness (QED) is 0.773. The first-order chi connectivity index (χ1) is 10.1. The topological polar surface area (TPSA) is 58.4 Å². The number of anilines is 1. The second-order valence-corrected chi connectivity index (χ2v) is 5.92. The molecule has 0 bridgehead atoms. The fraction of sp³-hybridized carbons (Fsp3) is 0.588. The zero-order valence-electron chi connectivity index (χ0n) is 13.1. The monoisotopic (exact) mass is 289 g/mol. The van der Waals surface area contributed by atoms with Gasteiger partial charge in [-0.3, -0.25) is 9.69 Å². The normalized spacial score (nSPS) is 16.0. The molecule has 1 unspecified atom stereocenters. The first-order valence-electron chi connectivity index (χ1n) is 7.99. The van der Waals surface area contributed by atoms with Crippen LogP contribution in [0.2, 0.25) is 0 Å². The predicted molar refractivity (Wildman–Crippen MR) is 87.0 cm³/mol. The summed E-state index contributed by atoms with van der Waals surface area (Å²) in [7, 11) is 0. The number of benzene rings is 1. The number of nitrogens with one attached hydrogen (secondary N) is 1. The molecule has 0 aliphatic heterocycles. The van der Waals surface area contributed by atoms with Gasteiger partial charge in [0.05, 0.1) is 0 Å². The maximum absolute atomic E-state index is 12.0. The lowest BCUT2D eigenvalue weighted by atomic mass is 10.1. The van der Waals surface area contributed by atoms with Crippen LogP contribution in [-0.2, 0) is 11.3 Å². The molecule has 116 valence electrons. The lowest BCUT2D eigenvalue weighted by Crippen LogP contribution is -2.28. The molecule has 3 N–H and O–H groups in total. The van der Waals surface area contributed by atoms with Crippen LogP contribution < -0.4 is 11.1 Å². The summed E-state index contributed by atoms with van der Waals surface area (Å²) >= 11 is 0. The Morgan fingerprint density at radius 1 is 1.38 bits per heavy atom. The van der Waals surface area contributed by atoms with Crippen LogP contribution in [0.4, 0.5) is 5.69 Å². The standard InChI is InChI=1S/C17H27N3O/c1-3-20(4-2)12-13-6-5-7-15(10-13)19-17(21)11-16(18)14-8-9-14/h5-7,10,14,16H,3-4,8-9,11-12,18H2,1-2H3,(H,19,21). The van der Waals surface area contributed by atoms with Gasteiger partial charge in [-0.25, -0.2) is 0 Å². The molecule has 1 aromatic carbocycles. The van der Waals surface area contributed by atoms with Crippen LogP contribution in [0.3, 0.4) is 0 Å². The molecule has 0 heterocycles. The number of carbonyl (C=O) groups excluding carboxylic acids is 1. The smallest absolute Gasteiger partial charge is 0.225 e. The highest BCUT2D eigenvalue weighted by Crippen LogP contribution is 2.32. The number of carbonyl (C=O) groups is 1. The van der Waals surface area contributed by atoms with E-state index < -0.39 is 0 Å². The van der Waals surface area contributed by atoms with Gasteiger partial charge in [0.2, 0.25) is 5.91 Å². The summed E-state index contributed by atoms with van der Waals surface area (Å²) in [6.45, 7) is 7.30. The van der Waals surface area contributed by atoms with Crippen molar-refractivity contribution >= 4 is 11.6 Å². The average molecular weight is 289 g/mol. The van der Waals surface area contributed by atoms with Gasteiger partial charge in [-0.1, -0.05) is 26.0 Å². The zero-order valence-corrected chi connectivity index (χ0v) is 13.1. The molecule has 1 fully saturated rings. The Balaban J connectivity index is 1.89. The maximum Gasteiger partial charge on any atom is 0.225 e. The summed E-state index contributed by atoms with van der Waals surface area (Å²) in [4.78, 5) is 14.4. The van der Waals surface area contributed by atoms with Gasteiger partial charge in [0.15, 0.2) is 0 Å². The predicted octanol–water partition coefficient (Wildman–Crippen LogP) is 2.59. The lowest BCUT2D eigenvalue weighted by Gasteiger charge is -2.18. The van der Waals surface area contributed by atoms with Crippen LogP contribution in [0.1, 0.15) is 38.7 Å². The Labute approximate surface area is 127 Å². The molecule has 1 aromatic rings. The van der Waals surface area contributed by atoms with Gasteiger partial charge in [0, 0.05) is 24.7 Å². The SMILES string of the molecule is CCN(CC)Cc1cccc(NC(=O)CC(N)C2CC2)c1. The number of nitrogens with zero attached hydrogens (tertiary/aromatic N) is 1. The van der Waals surface area contributed by atoms with Gasteiger partial charge in [0.25, 0.3) is 0 Å². The van der Waals surface area contributed by atoms with Gasteiger partial charge in [-0.15, -0.1) is 0 Å². The molecule has 1 aliphatic rings. The second kappa shape index (κ2) is 7.57. The first-order valence-corrected chi connectivity index (χ1v) is 7.99. The Morgan fingerprint density at radius 2 is 2.10 bits per heavy atom. The van der Waals surface area contributed by atoms with Gasteiger partial charge in [0.1, 0.15) is 0 Å². The molecular weight excluding hydrogens is 262 g/mol. The molecule has 0 spiro atoms. The largest absolute Gasteiger partial charge is 0.327 e. The van der Waals surface area contributed by atoms with E-state index >= 15 is 0 Å². The van der Waals surface area contributed by atoms with E-state index in [0.717, 1.165) is 25.3 Å². The molecule has 0 saturated heterocycles. The fourth-order valence-corrected chi connectivity index (χ4v) is 2.57. The van der Waals surface area contributed by atoms with Crippen LogP contribution >= 0.6 is 0 Å². The number of rotatable bonds is 8. The van der Waals surface area contributed by atoms with Crippen molar-refractivity contribution in [2.45, 2.75) is 45.7 Å². The van der Waals surface area contributed by atoms with E-state index in [9.17, 15) is 4.79 Å². The summed E-state index contributed by atoms with van der Waals surface area (Å²) in [6.07, 6.45) is 2.77. The molecule has 4 heteroatoms. The minimum Gasteiger partial charge on any atom is -0.327 e. The van der Waals surface area contributed by atoms with E-state index in [0.29, 0.717) is 12.3 Å². The Kier molecular flexibility index (Phi) is 5.76. The molecule has 1 saturated carbocycles. The zero-order chi connectivity index (χ0) is 15.2. The molecule has 1 atom stereocenters. The van der Waals surface area contributed by atoms with E-state index in [2.05, 4.69) is 36.2 Å². The summed E-state index contributed by atoms with van der Waals surface area (Å²) < 4.78 is 0. The lowest BCUT2D eigenvalue weighted by molar-refractivity contribution is -0.116. The van der Waals surface area contributed by atoms with Crippen molar-refractivity contribution in [3.63, 3.8) is 0 Å². The minimum atomic E-state index is 0.0175. The molecule has 4 nitrogen and oxygen atoms in total. The van der Waals surface area contributed by atoms with Crippen molar-refractivity contribution in [3.05, 3.63) is 29.8 Å². The number of hydrogen-bond donors (Lipinski definition) is 2. The second-order valence-electron chi connectivity index (χ2n) is 5.92. The van der Waals surface area contributed by atoms with Gasteiger partial charge in [-0.05, 0) is 49.5 Å².